The summed E-state index contributed by atoms with van der Waals surface area (Å²) < 4.78 is 6.35. The summed E-state index contributed by atoms with van der Waals surface area (Å²) in [4.78, 5) is 23.3. The zero-order chi connectivity index (χ0) is 11.5. The van der Waals surface area contributed by atoms with Gasteiger partial charge in [-0.05, 0) is 25.1 Å². The van der Waals surface area contributed by atoms with Gasteiger partial charge in [0.05, 0.1) is 12.8 Å². The van der Waals surface area contributed by atoms with Gasteiger partial charge in [-0.2, -0.15) is 0 Å². The van der Waals surface area contributed by atoms with Crippen molar-refractivity contribution < 1.29 is 9.21 Å². The molecule has 2 aromatic rings. The van der Waals surface area contributed by atoms with Gasteiger partial charge in [0.2, 0.25) is 5.78 Å². The normalized spacial score (nSPS) is 10.3. The van der Waals surface area contributed by atoms with E-state index in [1.54, 1.807) is 37.4 Å². The highest BCUT2D eigenvalue weighted by Gasteiger charge is 2.10. The maximum atomic E-state index is 11.7. The molecule has 0 N–H and O–H groups in total. The van der Waals surface area contributed by atoms with Crippen molar-refractivity contribution in [1.82, 2.24) is 4.57 Å². The van der Waals surface area contributed by atoms with Crippen LogP contribution >= 0.6 is 0 Å². The highest BCUT2D eigenvalue weighted by atomic mass is 16.3. The number of carbonyl (C=O) groups is 1. The minimum Gasteiger partial charge on any atom is -0.461 e. The van der Waals surface area contributed by atoms with E-state index in [0.717, 1.165) is 0 Å². The summed E-state index contributed by atoms with van der Waals surface area (Å²) in [6.07, 6.45) is 3.03. The van der Waals surface area contributed by atoms with E-state index in [1.807, 2.05) is 0 Å². The summed E-state index contributed by atoms with van der Waals surface area (Å²) in [7, 11) is 0. The van der Waals surface area contributed by atoms with E-state index in [0.29, 0.717) is 5.56 Å². The number of aromatic nitrogens is 1. The number of hydrogen-bond donors (Lipinski definition) is 0. The summed E-state index contributed by atoms with van der Waals surface area (Å²) in [6, 6.07) is 6.69. The smallest absolute Gasteiger partial charge is 0.253 e. The van der Waals surface area contributed by atoms with Crippen LogP contribution < -0.4 is 5.56 Å². The van der Waals surface area contributed by atoms with Gasteiger partial charge in [-0.15, -0.1) is 0 Å². The lowest BCUT2D eigenvalue weighted by Gasteiger charge is -2.03. The zero-order valence-corrected chi connectivity index (χ0v) is 8.84. The molecule has 0 unspecified atom stereocenters. The molecule has 0 fully saturated rings. The van der Waals surface area contributed by atoms with Gasteiger partial charge in [-0.1, -0.05) is 6.07 Å². The van der Waals surface area contributed by atoms with Gasteiger partial charge >= 0.3 is 0 Å². The Labute approximate surface area is 92.1 Å². The Hall–Kier alpha value is -2.10. The molecule has 4 heteroatoms. The molecule has 2 aromatic heterocycles. The van der Waals surface area contributed by atoms with Crippen molar-refractivity contribution in [3.8, 4) is 0 Å². The Morgan fingerprint density at radius 3 is 2.88 bits per heavy atom. The lowest BCUT2D eigenvalue weighted by Crippen LogP contribution is -2.24. The molecule has 2 rings (SSSR count). The fourth-order valence-corrected chi connectivity index (χ4v) is 1.45. The van der Waals surface area contributed by atoms with Crippen LogP contribution in [0.25, 0.3) is 0 Å². The van der Waals surface area contributed by atoms with Crippen LogP contribution in [0.2, 0.25) is 0 Å². The number of Topliss-reactive ketones (excluding diaryl/α,β-unsaturated/α-hetero) is 1. The van der Waals surface area contributed by atoms with Crippen LogP contribution in [0.5, 0.6) is 0 Å². The zero-order valence-electron chi connectivity index (χ0n) is 8.84. The molecule has 0 radical (unpaired) electrons. The van der Waals surface area contributed by atoms with E-state index < -0.39 is 0 Å². The maximum Gasteiger partial charge on any atom is 0.253 e. The molecule has 0 spiro atoms. The minimum absolute atomic E-state index is 0.00796. The molecule has 0 aliphatic carbocycles. The molecule has 82 valence electrons. The predicted octanol–water partition coefficient (Wildman–Crippen LogP) is 1.63. The Morgan fingerprint density at radius 2 is 2.19 bits per heavy atom. The molecule has 0 atom stereocenters. The summed E-state index contributed by atoms with van der Waals surface area (Å²) in [5, 5.41) is 0. The molecule has 4 nitrogen and oxygen atoms in total. The van der Waals surface area contributed by atoms with Crippen LogP contribution in [0.3, 0.4) is 0 Å². The van der Waals surface area contributed by atoms with Gasteiger partial charge in [-0.3, -0.25) is 9.59 Å². The van der Waals surface area contributed by atoms with Crippen LogP contribution in [-0.2, 0) is 6.54 Å². The monoisotopic (exact) mass is 217 g/mol. The average molecular weight is 217 g/mol. The first kappa shape index (κ1) is 10.4. The maximum absolute atomic E-state index is 11.7. The summed E-state index contributed by atoms with van der Waals surface area (Å²) in [6.45, 7) is 1.73. The molecular weight excluding hydrogens is 206 g/mol. The van der Waals surface area contributed by atoms with Gasteiger partial charge < -0.3 is 8.98 Å². The summed E-state index contributed by atoms with van der Waals surface area (Å²) in [5.41, 5.74) is 0.470. The van der Waals surface area contributed by atoms with Gasteiger partial charge in [-0.25, -0.2) is 0 Å². The van der Waals surface area contributed by atoms with E-state index in [9.17, 15) is 9.59 Å². The van der Waals surface area contributed by atoms with Crippen molar-refractivity contribution in [2.24, 2.45) is 0 Å². The third kappa shape index (κ3) is 1.95. The molecule has 16 heavy (non-hydrogen) atoms. The first-order valence-electron chi connectivity index (χ1n) is 4.91. The first-order chi connectivity index (χ1) is 7.68. The number of pyridine rings is 1. The highest BCUT2D eigenvalue weighted by molar-refractivity contribution is 5.93. The fraction of sp³-hybridized carbons (Fsp3) is 0.167. The van der Waals surface area contributed by atoms with E-state index in [4.69, 9.17) is 4.42 Å². The number of hydrogen-bond acceptors (Lipinski definition) is 3. The van der Waals surface area contributed by atoms with E-state index >= 15 is 0 Å². The number of ketones is 1. The second-order valence-corrected chi connectivity index (χ2v) is 3.52. The van der Waals surface area contributed by atoms with Gasteiger partial charge in [0.1, 0.15) is 0 Å². The van der Waals surface area contributed by atoms with E-state index in [2.05, 4.69) is 0 Å². The topological polar surface area (TPSA) is 52.2 Å². The van der Waals surface area contributed by atoms with Crippen molar-refractivity contribution in [2.45, 2.75) is 13.5 Å². The number of aryl methyl sites for hydroxylation is 1. The Bertz CT molecular complexity index is 552. The van der Waals surface area contributed by atoms with Crippen molar-refractivity contribution in [1.29, 1.82) is 0 Å². The second kappa shape index (κ2) is 4.18. The van der Waals surface area contributed by atoms with E-state index in [1.165, 1.54) is 10.8 Å². The SMILES string of the molecule is Cc1cccn(CC(=O)c2ccco2)c1=O. The molecule has 0 aliphatic heterocycles. The Balaban J connectivity index is 2.25. The molecule has 0 aromatic carbocycles. The average Bonchev–Trinajstić information content (AvgIpc) is 2.78. The fourth-order valence-electron chi connectivity index (χ4n) is 1.45. The molecule has 0 saturated carbocycles. The Morgan fingerprint density at radius 1 is 1.38 bits per heavy atom. The molecular formula is C12H11NO3. The van der Waals surface area contributed by atoms with Crippen molar-refractivity contribution in [3.05, 3.63) is 58.4 Å². The Kier molecular flexibility index (Phi) is 2.72. The van der Waals surface area contributed by atoms with Gasteiger partial charge in [0.15, 0.2) is 5.76 Å². The minimum atomic E-state index is -0.210. The third-order valence-corrected chi connectivity index (χ3v) is 2.32. The summed E-state index contributed by atoms with van der Waals surface area (Å²) >= 11 is 0. The number of furan rings is 1. The molecule has 0 aliphatic rings. The van der Waals surface area contributed by atoms with Crippen LogP contribution in [-0.4, -0.2) is 10.4 Å². The third-order valence-electron chi connectivity index (χ3n) is 2.32. The lowest BCUT2D eigenvalue weighted by atomic mass is 10.2. The van der Waals surface area contributed by atoms with Gasteiger partial charge in [0, 0.05) is 11.8 Å². The van der Waals surface area contributed by atoms with Crippen molar-refractivity contribution in [3.63, 3.8) is 0 Å². The van der Waals surface area contributed by atoms with Crippen LogP contribution in [0, 0.1) is 6.92 Å². The second-order valence-electron chi connectivity index (χ2n) is 3.52. The standard InChI is InChI=1S/C12H11NO3/c1-9-4-2-6-13(12(9)15)8-10(14)11-5-3-7-16-11/h2-7H,8H2,1H3. The van der Waals surface area contributed by atoms with E-state index in [-0.39, 0.29) is 23.6 Å². The van der Waals surface area contributed by atoms with Gasteiger partial charge in [0.25, 0.3) is 5.56 Å². The van der Waals surface area contributed by atoms with Crippen LogP contribution in [0.15, 0.2) is 45.9 Å². The molecule has 0 bridgehead atoms. The number of carbonyl (C=O) groups excluding carboxylic acids is 1. The molecule has 2 heterocycles. The largest absolute Gasteiger partial charge is 0.461 e. The van der Waals surface area contributed by atoms with Crippen LogP contribution in [0.1, 0.15) is 16.1 Å². The first-order valence-corrected chi connectivity index (χ1v) is 4.91. The summed E-state index contributed by atoms with van der Waals surface area (Å²) in [5.74, 6) is 0.0612. The number of rotatable bonds is 3. The quantitative estimate of drug-likeness (QED) is 0.734. The van der Waals surface area contributed by atoms with Crippen molar-refractivity contribution >= 4 is 5.78 Å². The predicted molar refractivity (Wildman–Crippen MR) is 58.5 cm³/mol. The molecule has 0 amide bonds. The lowest BCUT2D eigenvalue weighted by molar-refractivity contribution is 0.0943. The molecule has 0 saturated heterocycles. The number of nitrogens with zero attached hydrogens (tertiary/aromatic N) is 1. The van der Waals surface area contributed by atoms with Crippen LogP contribution in [0.4, 0.5) is 0 Å². The highest BCUT2D eigenvalue weighted by Crippen LogP contribution is 2.02. The van der Waals surface area contributed by atoms with Crippen molar-refractivity contribution in [2.75, 3.05) is 0 Å².